The molecule has 0 aliphatic carbocycles. The summed E-state index contributed by atoms with van der Waals surface area (Å²) in [5.74, 6) is -0.408. The van der Waals surface area contributed by atoms with Crippen LogP contribution in [0.2, 0.25) is 0 Å². The minimum absolute atomic E-state index is 0.105. The monoisotopic (exact) mass is 382 g/mol. The first-order valence-electron chi connectivity index (χ1n) is 9.36. The number of benzene rings is 1. The van der Waals surface area contributed by atoms with E-state index in [9.17, 15) is 9.59 Å². The number of aromatic nitrogens is 2. The van der Waals surface area contributed by atoms with Crippen LogP contribution < -0.4 is 5.32 Å². The molecule has 28 heavy (non-hydrogen) atoms. The smallest absolute Gasteiger partial charge is 0.323 e. The van der Waals surface area contributed by atoms with Gasteiger partial charge in [-0.3, -0.25) is 14.5 Å². The van der Waals surface area contributed by atoms with Crippen LogP contribution in [-0.4, -0.2) is 58.8 Å². The maximum atomic E-state index is 12.6. The van der Waals surface area contributed by atoms with Crippen molar-refractivity contribution in [1.29, 1.82) is 0 Å². The number of hydrogen-bond acceptors (Lipinski definition) is 5. The molecule has 7 nitrogen and oxygen atoms in total. The molecule has 1 aromatic carbocycles. The van der Waals surface area contributed by atoms with Crippen LogP contribution in [0.1, 0.15) is 30.6 Å². The first kappa shape index (κ1) is 19.8. The molecular weight excluding hydrogens is 356 g/mol. The van der Waals surface area contributed by atoms with Crippen molar-refractivity contribution in [3.63, 3.8) is 0 Å². The number of likely N-dealkylation sites (tertiary alicyclic amines) is 1. The fraction of sp³-hybridized carbons (Fsp3) is 0.381. The summed E-state index contributed by atoms with van der Waals surface area (Å²) in [6.07, 6.45) is 6.13. The highest BCUT2D eigenvalue weighted by atomic mass is 16.5. The average molecular weight is 382 g/mol. The second-order valence-corrected chi connectivity index (χ2v) is 7.01. The molecular formula is C21H26N4O3. The lowest BCUT2D eigenvalue weighted by Crippen LogP contribution is -2.38. The third kappa shape index (κ3) is 4.48. The normalized spacial score (nSPS) is 20.2. The molecule has 0 saturated carbocycles. The second kappa shape index (κ2) is 8.84. The van der Waals surface area contributed by atoms with Gasteiger partial charge in [0.2, 0.25) is 0 Å². The van der Waals surface area contributed by atoms with Crippen LogP contribution in [0, 0.1) is 0 Å². The fourth-order valence-electron chi connectivity index (χ4n) is 3.43. The Morgan fingerprint density at radius 1 is 1.32 bits per heavy atom. The van der Waals surface area contributed by atoms with Crippen LogP contribution in [-0.2, 0) is 9.53 Å². The van der Waals surface area contributed by atoms with E-state index in [1.807, 2.05) is 44.3 Å². The van der Waals surface area contributed by atoms with Crippen molar-refractivity contribution in [3.8, 4) is 5.69 Å². The zero-order valence-corrected chi connectivity index (χ0v) is 16.5. The third-order valence-electron chi connectivity index (χ3n) is 5.06. The van der Waals surface area contributed by atoms with E-state index >= 15 is 0 Å². The van der Waals surface area contributed by atoms with Gasteiger partial charge in [0.25, 0.3) is 5.91 Å². The summed E-state index contributed by atoms with van der Waals surface area (Å²) >= 11 is 0. The standard InChI is InChI=1S/C21H26N4O3/c1-4-15(2)13-24-14-17(12-19(24)21(27)28-3)23-20(26)16-6-8-18(9-7-16)25-11-5-10-22-25/h4-11,17,19H,12-14H2,1-3H3,(H,23,26)/b15-4+/t17-,19+/m1/s1. The van der Waals surface area contributed by atoms with Crippen LogP contribution in [0.5, 0.6) is 0 Å². The van der Waals surface area contributed by atoms with E-state index in [1.54, 1.807) is 23.0 Å². The number of nitrogens with one attached hydrogen (secondary N) is 1. The predicted molar refractivity (Wildman–Crippen MR) is 106 cm³/mol. The van der Waals surface area contributed by atoms with Crippen molar-refractivity contribution in [2.45, 2.75) is 32.4 Å². The molecule has 1 amide bonds. The van der Waals surface area contributed by atoms with E-state index in [2.05, 4.69) is 15.3 Å². The first-order chi connectivity index (χ1) is 13.5. The molecule has 2 atom stereocenters. The summed E-state index contributed by atoms with van der Waals surface area (Å²) in [6, 6.07) is 8.67. The topological polar surface area (TPSA) is 76.5 Å². The Morgan fingerprint density at radius 2 is 2.07 bits per heavy atom. The minimum Gasteiger partial charge on any atom is -0.468 e. The van der Waals surface area contributed by atoms with Crippen LogP contribution in [0.15, 0.2) is 54.4 Å². The van der Waals surface area contributed by atoms with Gasteiger partial charge in [-0.2, -0.15) is 5.10 Å². The molecule has 3 rings (SSSR count). The molecule has 2 heterocycles. The lowest BCUT2D eigenvalue weighted by molar-refractivity contribution is -0.145. The molecule has 1 saturated heterocycles. The van der Waals surface area contributed by atoms with Gasteiger partial charge in [-0.1, -0.05) is 11.6 Å². The Labute approximate surface area is 165 Å². The molecule has 1 N–H and O–H groups in total. The first-order valence-corrected chi connectivity index (χ1v) is 9.36. The fourth-order valence-corrected chi connectivity index (χ4v) is 3.43. The molecule has 0 bridgehead atoms. The van der Waals surface area contributed by atoms with Gasteiger partial charge in [-0.05, 0) is 50.6 Å². The summed E-state index contributed by atoms with van der Waals surface area (Å²) in [5, 5.41) is 7.23. The number of rotatable bonds is 6. The van der Waals surface area contributed by atoms with Gasteiger partial charge in [0.15, 0.2) is 0 Å². The SMILES string of the molecule is C/C=C(\C)CN1C[C@H](NC(=O)c2ccc(-n3cccn3)cc2)C[C@H]1C(=O)OC. The summed E-state index contributed by atoms with van der Waals surface area (Å²) in [7, 11) is 1.40. The molecule has 148 valence electrons. The van der Waals surface area contributed by atoms with Crippen molar-refractivity contribution in [3.05, 3.63) is 59.9 Å². The number of esters is 1. The van der Waals surface area contributed by atoms with Crippen molar-refractivity contribution in [2.75, 3.05) is 20.2 Å². The molecule has 1 aromatic heterocycles. The van der Waals surface area contributed by atoms with Gasteiger partial charge < -0.3 is 10.1 Å². The highest BCUT2D eigenvalue weighted by molar-refractivity contribution is 5.94. The van der Waals surface area contributed by atoms with Gasteiger partial charge in [0.05, 0.1) is 12.8 Å². The van der Waals surface area contributed by atoms with Gasteiger partial charge >= 0.3 is 5.97 Å². The van der Waals surface area contributed by atoms with Crippen LogP contribution in [0.3, 0.4) is 0 Å². The summed E-state index contributed by atoms with van der Waals surface area (Å²) in [6.45, 7) is 5.30. The van der Waals surface area contributed by atoms with E-state index in [1.165, 1.54) is 12.7 Å². The van der Waals surface area contributed by atoms with E-state index < -0.39 is 0 Å². The highest BCUT2D eigenvalue weighted by Gasteiger charge is 2.38. The van der Waals surface area contributed by atoms with Crippen LogP contribution >= 0.6 is 0 Å². The van der Waals surface area contributed by atoms with Gasteiger partial charge in [-0.25, -0.2) is 4.68 Å². The number of methoxy groups -OCH3 is 1. The Morgan fingerprint density at radius 3 is 2.68 bits per heavy atom. The Hall–Kier alpha value is -2.93. The van der Waals surface area contributed by atoms with E-state index in [-0.39, 0.29) is 24.0 Å². The molecule has 2 aromatic rings. The van der Waals surface area contributed by atoms with Crippen molar-refractivity contribution in [2.24, 2.45) is 0 Å². The lowest BCUT2D eigenvalue weighted by Gasteiger charge is -2.22. The van der Waals surface area contributed by atoms with E-state index in [4.69, 9.17) is 4.74 Å². The molecule has 1 fully saturated rings. The number of ether oxygens (including phenoxy) is 1. The quantitative estimate of drug-likeness (QED) is 0.612. The molecule has 0 radical (unpaired) electrons. The minimum atomic E-state index is -0.340. The predicted octanol–water partition coefficient (Wildman–Crippen LogP) is 2.18. The molecule has 0 unspecified atom stereocenters. The molecule has 1 aliphatic rings. The maximum absolute atomic E-state index is 12.6. The lowest BCUT2D eigenvalue weighted by atomic mass is 10.1. The summed E-state index contributed by atoms with van der Waals surface area (Å²) in [5.41, 5.74) is 2.64. The van der Waals surface area contributed by atoms with Crippen molar-refractivity contribution < 1.29 is 14.3 Å². The largest absolute Gasteiger partial charge is 0.468 e. The zero-order chi connectivity index (χ0) is 20.1. The number of amides is 1. The third-order valence-corrected chi connectivity index (χ3v) is 5.06. The van der Waals surface area contributed by atoms with E-state index in [0.717, 1.165) is 5.69 Å². The molecule has 1 aliphatic heterocycles. The molecule has 0 spiro atoms. The maximum Gasteiger partial charge on any atom is 0.323 e. The van der Waals surface area contributed by atoms with Crippen molar-refractivity contribution in [1.82, 2.24) is 20.0 Å². The highest BCUT2D eigenvalue weighted by Crippen LogP contribution is 2.21. The number of carbonyl (C=O) groups is 2. The Bertz CT molecular complexity index is 843. The van der Waals surface area contributed by atoms with Crippen LogP contribution in [0.4, 0.5) is 0 Å². The Kier molecular flexibility index (Phi) is 6.26. The number of carbonyl (C=O) groups excluding carboxylic acids is 2. The van der Waals surface area contributed by atoms with Crippen molar-refractivity contribution >= 4 is 11.9 Å². The van der Waals surface area contributed by atoms with E-state index in [0.29, 0.717) is 25.1 Å². The number of hydrogen-bond donors (Lipinski definition) is 1. The van der Waals surface area contributed by atoms with Gasteiger partial charge in [0.1, 0.15) is 6.04 Å². The Balaban J connectivity index is 1.65. The zero-order valence-electron chi connectivity index (χ0n) is 16.5. The second-order valence-electron chi connectivity index (χ2n) is 7.01. The van der Waals surface area contributed by atoms with Crippen LogP contribution in [0.25, 0.3) is 5.69 Å². The number of allylic oxidation sites excluding steroid dienone is 1. The summed E-state index contributed by atoms with van der Waals surface area (Å²) in [4.78, 5) is 26.9. The number of nitrogens with zero attached hydrogens (tertiary/aromatic N) is 3. The van der Waals surface area contributed by atoms with Gasteiger partial charge in [0, 0.05) is 37.1 Å². The average Bonchev–Trinajstić information content (AvgIpc) is 3.37. The van der Waals surface area contributed by atoms with Gasteiger partial charge in [-0.15, -0.1) is 0 Å². The molecule has 7 heteroatoms. The summed E-state index contributed by atoms with van der Waals surface area (Å²) < 4.78 is 6.68.